The number of hydrogen-bond donors (Lipinski definition) is 0. The van der Waals surface area contributed by atoms with Gasteiger partial charge in [-0.3, -0.25) is 14.4 Å². The number of esters is 3. The van der Waals surface area contributed by atoms with E-state index in [-0.39, 0.29) is 31.1 Å². The van der Waals surface area contributed by atoms with E-state index in [1.165, 1.54) is 103 Å². The zero-order valence-corrected chi connectivity index (χ0v) is 42.2. The normalized spacial score (nSPS) is 12.4. The van der Waals surface area contributed by atoms with Crippen molar-refractivity contribution in [3.8, 4) is 0 Å². The van der Waals surface area contributed by atoms with Gasteiger partial charge in [-0.15, -0.1) is 0 Å². The highest BCUT2D eigenvalue weighted by molar-refractivity contribution is 5.71. The van der Waals surface area contributed by atoms with Crippen molar-refractivity contribution < 1.29 is 28.6 Å². The van der Waals surface area contributed by atoms with Gasteiger partial charge in [0.2, 0.25) is 0 Å². The van der Waals surface area contributed by atoms with Crippen molar-refractivity contribution in [3.05, 3.63) is 97.2 Å². The summed E-state index contributed by atoms with van der Waals surface area (Å²) < 4.78 is 16.7. The lowest BCUT2D eigenvalue weighted by atomic mass is 10.1. The summed E-state index contributed by atoms with van der Waals surface area (Å²) in [4.78, 5) is 38.0. The van der Waals surface area contributed by atoms with E-state index in [9.17, 15) is 14.4 Å². The maximum absolute atomic E-state index is 12.8. The summed E-state index contributed by atoms with van der Waals surface area (Å²) in [6.07, 6.45) is 69.6. The van der Waals surface area contributed by atoms with E-state index in [2.05, 4.69) is 118 Å². The first kappa shape index (κ1) is 61.3. The van der Waals surface area contributed by atoms with Crippen molar-refractivity contribution in [2.24, 2.45) is 0 Å². The quantitative estimate of drug-likeness (QED) is 0.0262. The Morgan fingerprint density at radius 1 is 0.308 bits per heavy atom. The summed E-state index contributed by atoms with van der Waals surface area (Å²) in [6, 6.07) is 0. The summed E-state index contributed by atoms with van der Waals surface area (Å²) in [6.45, 7) is 6.48. The van der Waals surface area contributed by atoms with Crippen LogP contribution in [0.4, 0.5) is 0 Å². The Balaban J connectivity index is 4.53. The molecule has 0 aromatic carbocycles. The predicted molar refractivity (Wildman–Crippen MR) is 279 cm³/mol. The molecule has 0 aliphatic rings. The lowest BCUT2D eigenvalue weighted by molar-refractivity contribution is -0.167. The Kier molecular flexibility index (Phi) is 50.0. The molecular weight excluding hydrogens is 805 g/mol. The lowest BCUT2D eigenvalue weighted by Gasteiger charge is -2.18. The van der Waals surface area contributed by atoms with Crippen molar-refractivity contribution in [2.45, 2.75) is 245 Å². The molecule has 0 rings (SSSR count). The molecule has 0 N–H and O–H groups in total. The van der Waals surface area contributed by atoms with Crippen LogP contribution in [0, 0.1) is 0 Å². The zero-order chi connectivity index (χ0) is 47.2. The zero-order valence-electron chi connectivity index (χ0n) is 42.2. The molecule has 0 aliphatic carbocycles. The number of allylic oxidation sites excluding steroid dienone is 16. The van der Waals surface area contributed by atoms with E-state index in [0.29, 0.717) is 19.3 Å². The first-order chi connectivity index (χ1) is 32.0. The van der Waals surface area contributed by atoms with E-state index in [1.54, 1.807) is 0 Å². The highest BCUT2D eigenvalue weighted by atomic mass is 16.6. The molecule has 0 saturated heterocycles. The van der Waals surface area contributed by atoms with Crippen LogP contribution in [0.3, 0.4) is 0 Å². The summed E-state index contributed by atoms with van der Waals surface area (Å²) in [5, 5.41) is 0. The van der Waals surface area contributed by atoms with Crippen LogP contribution < -0.4 is 0 Å². The Morgan fingerprint density at radius 2 is 0.554 bits per heavy atom. The second kappa shape index (κ2) is 52.9. The minimum atomic E-state index is -0.814. The molecule has 0 aliphatic heterocycles. The molecule has 0 unspecified atom stereocenters. The molecule has 0 radical (unpaired) electrons. The van der Waals surface area contributed by atoms with E-state index in [0.717, 1.165) is 96.3 Å². The van der Waals surface area contributed by atoms with Gasteiger partial charge in [0.1, 0.15) is 13.2 Å². The number of unbranched alkanes of at least 4 members (excludes halogenated alkanes) is 20. The Morgan fingerprint density at radius 3 is 0.892 bits per heavy atom. The van der Waals surface area contributed by atoms with Gasteiger partial charge >= 0.3 is 17.9 Å². The molecule has 0 amide bonds. The van der Waals surface area contributed by atoms with Gasteiger partial charge in [0.25, 0.3) is 0 Å². The molecule has 0 aromatic heterocycles. The summed E-state index contributed by atoms with van der Waals surface area (Å²) in [5.41, 5.74) is 0. The largest absolute Gasteiger partial charge is 0.462 e. The number of hydrogen-bond acceptors (Lipinski definition) is 6. The molecule has 65 heavy (non-hydrogen) atoms. The second-order valence-corrected chi connectivity index (χ2v) is 17.4. The maximum Gasteiger partial charge on any atom is 0.306 e. The van der Waals surface area contributed by atoms with Crippen LogP contribution in [0.2, 0.25) is 0 Å². The van der Waals surface area contributed by atoms with Crippen molar-refractivity contribution in [3.63, 3.8) is 0 Å². The van der Waals surface area contributed by atoms with Gasteiger partial charge in [0, 0.05) is 19.3 Å². The fourth-order valence-electron chi connectivity index (χ4n) is 6.95. The molecule has 0 spiro atoms. The average Bonchev–Trinajstić information content (AvgIpc) is 3.30. The minimum absolute atomic E-state index is 0.114. The molecule has 0 saturated carbocycles. The number of carbonyl (C=O) groups excluding carboxylic acids is 3. The number of rotatable bonds is 47. The molecule has 0 bridgehead atoms. The molecule has 6 heteroatoms. The van der Waals surface area contributed by atoms with Crippen molar-refractivity contribution in [1.29, 1.82) is 0 Å². The summed E-state index contributed by atoms with van der Waals surface area (Å²) in [7, 11) is 0. The molecule has 0 atom stereocenters. The van der Waals surface area contributed by atoms with Crippen LogP contribution >= 0.6 is 0 Å². The molecule has 6 nitrogen and oxygen atoms in total. The molecule has 0 fully saturated rings. The van der Waals surface area contributed by atoms with Gasteiger partial charge in [-0.25, -0.2) is 0 Å². The van der Waals surface area contributed by atoms with Crippen LogP contribution in [0.25, 0.3) is 0 Å². The van der Waals surface area contributed by atoms with Crippen LogP contribution in [-0.4, -0.2) is 37.2 Å². The van der Waals surface area contributed by atoms with Crippen molar-refractivity contribution >= 4 is 17.9 Å². The Labute approximate surface area is 400 Å². The van der Waals surface area contributed by atoms with Gasteiger partial charge in [0.05, 0.1) is 0 Å². The van der Waals surface area contributed by atoms with Gasteiger partial charge in [0.15, 0.2) is 6.10 Å². The monoisotopic (exact) mass is 903 g/mol. The first-order valence-electron chi connectivity index (χ1n) is 26.7. The summed E-state index contributed by atoms with van der Waals surface area (Å²) >= 11 is 0. The highest BCUT2D eigenvalue weighted by Crippen LogP contribution is 2.13. The lowest BCUT2D eigenvalue weighted by Crippen LogP contribution is -2.30. The SMILES string of the molecule is CCCCC/C=C\C/C=C\C/C=C\CCCCC(=O)OCC(COC(=O)CCCC/C=C\C/C=C\C/C=C\CCCCC)OC(=O)CCCCCCCCC/C=C\C/C=C\CCCCC. The van der Waals surface area contributed by atoms with Gasteiger partial charge in [-0.2, -0.15) is 0 Å². The third kappa shape index (κ3) is 51.2. The standard InChI is InChI=1S/C59H98O6/c1-4-7-10-13-16-19-22-25-28-29-32-35-38-41-44-47-50-53-59(62)65-56(54-63-57(60)51-48-45-42-39-36-33-30-26-23-20-17-14-11-8-5-2)55-64-58(61)52-49-46-43-40-37-34-31-27-24-21-18-15-12-9-6-3/h16-21,25-28,30-31,36-37,39-40,56H,4-15,22-24,29,32-35,38,41-55H2,1-3H3/b19-16-,20-17-,21-18-,28-25-,30-26-,31-27-,39-36-,40-37-. The second-order valence-electron chi connectivity index (χ2n) is 17.4. The third-order valence-electron chi connectivity index (χ3n) is 11.0. The topological polar surface area (TPSA) is 78.9 Å². The van der Waals surface area contributed by atoms with E-state index in [4.69, 9.17) is 14.2 Å². The van der Waals surface area contributed by atoms with Crippen LogP contribution in [0.5, 0.6) is 0 Å². The fourth-order valence-corrected chi connectivity index (χ4v) is 6.95. The van der Waals surface area contributed by atoms with E-state index in [1.807, 2.05) is 0 Å². The highest BCUT2D eigenvalue weighted by Gasteiger charge is 2.19. The average molecular weight is 903 g/mol. The Hall–Kier alpha value is -3.67. The van der Waals surface area contributed by atoms with Crippen molar-refractivity contribution in [1.82, 2.24) is 0 Å². The van der Waals surface area contributed by atoms with Crippen LogP contribution in [0.1, 0.15) is 239 Å². The minimum Gasteiger partial charge on any atom is -0.462 e. The molecule has 370 valence electrons. The third-order valence-corrected chi connectivity index (χ3v) is 11.0. The molecule has 0 aromatic rings. The smallest absolute Gasteiger partial charge is 0.306 e. The number of carbonyl (C=O) groups is 3. The predicted octanol–water partition coefficient (Wildman–Crippen LogP) is 17.8. The first-order valence-corrected chi connectivity index (χ1v) is 26.7. The van der Waals surface area contributed by atoms with E-state index >= 15 is 0 Å². The van der Waals surface area contributed by atoms with Gasteiger partial charge < -0.3 is 14.2 Å². The summed E-state index contributed by atoms with van der Waals surface area (Å²) in [5.74, 6) is -0.996. The van der Waals surface area contributed by atoms with Gasteiger partial charge in [-0.1, -0.05) is 189 Å². The van der Waals surface area contributed by atoms with Crippen LogP contribution in [0.15, 0.2) is 97.2 Å². The maximum atomic E-state index is 12.8. The van der Waals surface area contributed by atoms with Gasteiger partial charge in [-0.05, 0) is 128 Å². The van der Waals surface area contributed by atoms with E-state index < -0.39 is 6.10 Å². The van der Waals surface area contributed by atoms with Crippen LogP contribution in [-0.2, 0) is 28.6 Å². The van der Waals surface area contributed by atoms with Crippen molar-refractivity contribution in [2.75, 3.05) is 13.2 Å². The number of ether oxygens (including phenoxy) is 3. The Bertz CT molecular complexity index is 1250. The fraction of sp³-hybridized carbons (Fsp3) is 0.678. The molecular formula is C59H98O6. The molecule has 0 heterocycles.